The van der Waals surface area contributed by atoms with Gasteiger partial charge in [-0.05, 0) is 23.6 Å². The van der Waals surface area contributed by atoms with Gasteiger partial charge in [-0.2, -0.15) is 0 Å². The van der Waals surface area contributed by atoms with Gasteiger partial charge < -0.3 is 11.1 Å². The Balaban J connectivity index is 2.14. The Morgan fingerprint density at radius 2 is 2.19 bits per heavy atom. The lowest BCUT2D eigenvalue weighted by Crippen LogP contribution is -2.02. The fourth-order valence-electron chi connectivity index (χ4n) is 1.33. The van der Waals surface area contributed by atoms with E-state index in [1.54, 1.807) is 12.1 Å². The van der Waals surface area contributed by atoms with Gasteiger partial charge in [-0.1, -0.05) is 17.7 Å². The zero-order valence-electron chi connectivity index (χ0n) is 8.34. The Morgan fingerprint density at radius 3 is 2.81 bits per heavy atom. The third kappa shape index (κ3) is 2.28. The van der Waals surface area contributed by atoms with Gasteiger partial charge in [0.05, 0.1) is 17.3 Å². The fourth-order valence-corrected chi connectivity index (χ4v) is 2.30. The Hall–Kier alpha value is -1.26. The van der Waals surface area contributed by atoms with Crippen LogP contribution in [0, 0.1) is 5.82 Å². The van der Waals surface area contributed by atoms with Crippen LogP contribution in [0.25, 0.3) is 0 Å². The van der Waals surface area contributed by atoms with Gasteiger partial charge in [0.1, 0.15) is 5.82 Å². The highest BCUT2D eigenvalue weighted by Crippen LogP contribution is 2.27. The second kappa shape index (κ2) is 4.72. The van der Waals surface area contributed by atoms with E-state index >= 15 is 0 Å². The van der Waals surface area contributed by atoms with Crippen molar-refractivity contribution in [1.29, 1.82) is 0 Å². The minimum Gasteiger partial charge on any atom is -0.398 e. The smallest absolute Gasteiger partial charge is 0.147 e. The van der Waals surface area contributed by atoms with Crippen LogP contribution in [0.15, 0.2) is 29.6 Å². The Morgan fingerprint density at radius 1 is 1.38 bits per heavy atom. The summed E-state index contributed by atoms with van der Waals surface area (Å²) in [5.74, 6) is -0.359. The average molecular weight is 257 g/mol. The number of nitrogens with one attached hydrogen (secondary N) is 1. The highest BCUT2D eigenvalue weighted by atomic mass is 35.5. The Bertz CT molecular complexity index is 478. The van der Waals surface area contributed by atoms with Gasteiger partial charge in [-0.3, -0.25) is 0 Å². The number of para-hydroxylation sites is 1. The molecule has 0 aliphatic carbocycles. The summed E-state index contributed by atoms with van der Waals surface area (Å²) in [6.45, 7) is 0.476. The first-order chi connectivity index (χ1) is 7.68. The van der Waals surface area contributed by atoms with Gasteiger partial charge in [-0.25, -0.2) is 4.39 Å². The lowest BCUT2D eigenvalue weighted by molar-refractivity contribution is 0.630. The lowest BCUT2D eigenvalue weighted by atomic mass is 10.3. The minimum absolute atomic E-state index is 0.317. The van der Waals surface area contributed by atoms with E-state index in [1.165, 1.54) is 17.4 Å². The molecule has 0 aliphatic heterocycles. The Kier molecular flexibility index (Phi) is 3.31. The van der Waals surface area contributed by atoms with E-state index in [1.807, 2.05) is 11.4 Å². The molecule has 2 rings (SSSR count). The summed E-state index contributed by atoms with van der Waals surface area (Å²) < 4.78 is 13.4. The second-order valence-electron chi connectivity index (χ2n) is 3.25. The van der Waals surface area contributed by atoms with Crippen molar-refractivity contribution in [1.82, 2.24) is 0 Å². The maximum Gasteiger partial charge on any atom is 0.147 e. The molecule has 1 aromatic heterocycles. The highest BCUT2D eigenvalue weighted by molar-refractivity contribution is 7.10. The molecule has 0 spiro atoms. The number of hydrogen-bond donors (Lipinski definition) is 2. The monoisotopic (exact) mass is 256 g/mol. The third-order valence-corrected chi connectivity index (χ3v) is 3.42. The van der Waals surface area contributed by atoms with Gasteiger partial charge in [0.15, 0.2) is 0 Å². The molecule has 1 heterocycles. The summed E-state index contributed by atoms with van der Waals surface area (Å²) in [4.78, 5) is 0.972. The van der Waals surface area contributed by atoms with Crippen molar-refractivity contribution in [3.05, 3.63) is 45.4 Å². The van der Waals surface area contributed by atoms with Crippen molar-refractivity contribution >= 4 is 34.3 Å². The molecule has 0 fully saturated rings. The largest absolute Gasteiger partial charge is 0.398 e. The van der Waals surface area contributed by atoms with E-state index < -0.39 is 0 Å². The summed E-state index contributed by atoms with van der Waals surface area (Å²) in [5.41, 5.74) is 6.75. The SMILES string of the molecule is Nc1ccsc1CNc1c(F)cccc1Cl. The molecule has 0 unspecified atom stereocenters. The molecule has 16 heavy (non-hydrogen) atoms. The van der Waals surface area contributed by atoms with E-state index in [2.05, 4.69) is 5.32 Å². The minimum atomic E-state index is -0.359. The molecule has 0 saturated carbocycles. The molecule has 3 N–H and O–H groups in total. The number of nitrogens with two attached hydrogens (primary N) is 1. The molecule has 0 bridgehead atoms. The molecule has 0 saturated heterocycles. The van der Waals surface area contributed by atoms with Gasteiger partial charge >= 0.3 is 0 Å². The van der Waals surface area contributed by atoms with Gasteiger partial charge in [-0.15, -0.1) is 11.3 Å². The molecule has 5 heteroatoms. The first-order valence-electron chi connectivity index (χ1n) is 4.68. The molecule has 0 atom stereocenters. The number of anilines is 2. The maximum atomic E-state index is 13.4. The maximum absolute atomic E-state index is 13.4. The molecular weight excluding hydrogens is 247 g/mol. The van der Waals surface area contributed by atoms with Crippen LogP contribution >= 0.6 is 22.9 Å². The van der Waals surface area contributed by atoms with Gasteiger partial charge in [0, 0.05) is 10.6 Å². The Labute approximate surface area is 102 Å². The van der Waals surface area contributed by atoms with Gasteiger partial charge in [0.25, 0.3) is 0 Å². The van der Waals surface area contributed by atoms with E-state index in [0.717, 1.165) is 4.88 Å². The molecule has 0 amide bonds. The standard InChI is InChI=1S/C11H10ClFN2S/c12-7-2-1-3-8(13)11(7)15-6-10-9(14)4-5-16-10/h1-5,15H,6,14H2. The quantitative estimate of drug-likeness (QED) is 0.878. The third-order valence-electron chi connectivity index (χ3n) is 2.17. The van der Waals surface area contributed by atoms with Crippen molar-refractivity contribution < 1.29 is 4.39 Å². The highest BCUT2D eigenvalue weighted by Gasteiger charge is 2.07. The fraction of sp³-hybridized carbons (Fsp3) is 0.0909. The molecule has 2 aromatic rings. The number of rotatable bonds is 3. The lowest BCUT2D eigenvalue weighted by Gasteiger charge is -2.08. The zero-order valence-corrected chi connectivity index (χ0v) is 9.91. The zero-order chi connectivity index (χ0) is 11.5. The topological polar surface area (TPSA) is 38.0 Å². The number of nitrogen functional groups attached to an aromatic ring is 1. The van der Waals surface area contributed by atoms with Crippen LogP contribution in [0.2, 0.25) is 5.02 Å². The molecular formula is C11H10ClFN2S. The second-order valence-corrected chi connectivity index (χ2v) is 4.66. The predicted octanol–water partition coefficient (Wildman–Crippen LogP) is 3.73. The van der Waals surface area contributed by atoms with Crippen molar-refractivity contribution in [3.63, 3.8) is 0 Å². The summed E-state index contributed by atoms with van der Waals surface area (Å²) in [6.07, 6.45) is 0. The van der Waals surface area contributed by atoms with E-state index in [0.29, 0.717) is 22.9 Å². The van der Waals surface area contributed by atoms with Crippen LogP contribution in [-0.2, 0) is 6.54 Å². The van der Waals surface area contributed by atoms with Crippen LogP contribution < -0.4 is 11.1 Å². The van der Waals surface area contributed by atoms with Crippen LogP contribution in [0.4, 0.5) is 15.8 Å². The average Bonchev–Trinajstić information content (AvgIpc) is 2.64. The number of benzene rings is 1. The molecule has 1 aromatic carbocycles. The predicted molar refractivity (Wildman–Crippen MR) is 67.5 cm³/mol. The van der Waals surface area contributed by atoms with Crippen molar-refractivity contribution in [2.45, 2.75) is 6.54 Å². The van der Waals surface area contributed by atoms with Crippen molar-refractivity contribution in [3.8, 4) is 0 Å². The summed E-state index contributed by atoms with van der Waals surface area (Å²) in [5, 5.41) is 5.22. The molecule has 0 aliphatic rings. The summed E-state index contributed by atoms with van der Waals surface area (Å²) >= 11 is 7.41. The van der Waals surface area contributed by atoms with Gasteiger partial charge in [0.2, 0.25) is 0 Å². The number of hydrogen-bond acceptors (Lipinski definition) is 3. The van der Waals surface area contributed by atoms with E-state index in [4.69, 9.17) is 17.3 Å². The first kappa shape index (κ1) is 11.2. The van der Waals surface area contributed by atoms with Crippen LogP contribution in [0.1, 0.15) is 4.88 Å². The number of halogens is 2. The first-order valence-corrected chi connectivity index (χ1v) is 5.94. The van der Waals surface area contributed by atoms with E-state index in [-0.39, 0.29) is 5.82 Å². The number of thiophene rings is 1. The van der Waals surface area contributed by atoms with Crippen LogP contribution in [0.3, 0.4) is 0 Å². The van der Waals surface area contributed by atoms with Crippen molar-refractivity contribution in [2.75, 3.05) is 11.1 Å². The van der Waals surface area contributed by atoms with Crippen LogP contribution in [0.5, 0.6) is 0 Å². The molecule has 84 valence electrons. The van der Waals surface area contributed by atoms with Crippen molar-refractivity contribution in [2.24, 2.45) is 0 Å². The molecule has 2 nitrogen and oxygen atoms in total. The molecule has 0 radical (unpaired) electrons. The van der Waals surface area contributed by atoms with Crippen LogP contribution in [-0.4, -0.2) is 0 Å². The normalized spacial score (nSPS) is 10.4. The summed E-state index contributed by atoms with van der Waals surface area (Å²) in [6, 6.07) is 6.41. The van der Waals surface area contributed by atoms with E-state index in [9.17, 15) is 4.39 Å². The summed E-state index contributed by atoms with van der Waals surface area (Å²) in [7, 11) is 0.